The lowest BCUT2D eigenvalue weighted by Crippen LogP contribution is -2.19. The molecule has 0 bridgehead atoms. The zero-order valence-corrected chi connectivity index (χ0v) is 10.2. The number of halogens is 2. The lowest BCUT2D eigenvalue weighted by molar-refractivity contribution is 0.607. The van der Waals surface area contributed by atoms with E-state index in [2.05, 4.69) is 15.1 Å². The van der Waals surface area contributed by atoms with Crippen molar-refractivity contribution in [2.75, 3.05) is 11.9 Å². The molecule has 2 rings (SSSR count). The highest BCUT2D eigenvalue weighted by molar-refractivity contribution is 6.28. The minimum Gasteiger partial charge on any atom is -0.353 e. The van der Waals surface area contributed by atoms with Gasteiger partial charge < -0.3 is 4.90 Å². The van der Waals surface area contributed by atoms with Gasteiger partial charge in [-0.2, -0.15) is 10.1 Å². The van der Waals surface area contributed by atoms with Crippen molar-refractivity contribution in [2.45, 2.75) is 6.54 Å². The number of aryl methyl sites for hydroxylation is 1. The molecule has 2 heterocycles. The number of anilines is 1. The van der Waals surface area contributed by atoms with Crippen molar-refractivity contribution in [3.8, 4) is 0 Å². The monoisotopic (exact) mass is 255 g/mol. The summed E-state index contributed by atoms with van der Waals surface area (Å²) in [5.41, 5.74) is 0.962. The van der Waals surface area contributed by atoms with Crippen LogP contribution >= 0.6 is 11.6 Å². The number of nitrogens with zero attached hydrogens (tertiary/aromatic N) is 5. The number of aromatic nitrogens is 4. The molecule has 0 saturated heterocycles. The summed E-state index contributed by atoms with van der Waals surface area (Å²) in [6.07, 6.45) is 4.64. The van der Waals surface area contributed by atoms with Crippen molar-refractivity contribution in [2.24, 2.45) is 7.05 Å². The van der Waals surface area contributed by atoms with E-state index in [1.807, 2.05) is 13.2 Å². The summed E-state index contributed by atoms with van der Waals surface area (Å²) in [6, 6.07) is 0. The van der Waals surface area contributed by atoms with Gasteiger partial charge in [-0.1, -0.05) is 0 Å². The van der Waals surface area contributed by atoms with Crippen LogP contribution < -0.4 is 4.90 Å². The van der Waals surface area contributed by atoms with Gasteiger partial charge in [0.2, 0.25) is 5.28 Å². The Morgan fingerprint density at radius 3 is 2.88 bits per heavy atom. The zero-order valence-electron chi connectivity index (χ0n) is 9.43. The first kappa shape index (κ1) is 11.8. The van der Waals surface area contributed by atoms with E-state index < -0.39 is 5.82 Å². The van der Waals surface area contributed by atoms with Crippen molar-refractivity contribution >= 4 is 17.4 Å². The fourth-order valence-corrected chi connectivity index (χ4v) is 1.64. The second-order valence-corrected chi connectivity index (χ2v) is 4.03. The molecule has 0 amide bonds. The Balaban J connectivity index is 2.19. The summed E-state index contributed by atoms with van der Waals surface area (Å²) < 4.78 is 15.2. The SMILES string of the molecule is CN(Cc1cnn(C)c1)c1nc(Cl)ncc1F. The highest BCUT2D eigenvalue weighted by Gasteiger charge is 2.12. The van der Waals surface area contributed by atoms with E-state index in [4.69, 9.17) is 11.6 Å². The largest absolute Gasteiger partial charge is 0.353 e. The summed E-state index contributed by atoms with van der Waals surface area (Å²) in [5, 5.41) is 4.07. The molecule has 0 aliphatic carbocycles. The van der Waals surface area contributed by atoms with Gasteiger partial charge in [-0.3, -0.25) is 4.68 Å². The van der Waals surface area contributed by atoms with Crippen molar-refractivity contribution in [1.29, 1.82) is 0 Å². The van der Waals surface area contributed by atoms with Crippen LogP contribution in [0.5, 0.6) is 0 Å². The molecule has 90 valence electrons. The minimum absolute atomic E-state index is 0.0273. The topological polar surface area (TPSA) is 46.8 Å². The molecule has 17 heavy (non-hydrogen) atoms. The molecular formula is C10H11ClFN5. The van der Waals surface area contributed by atoms with Crippen LogP contribution in [0.4, 0.5) is 10.2 Å². The van der Waals surface area contributed by atoms with Crippen molar-refractivity contribution in [1.82, 2.24) is 19.7 Å². The number of hydrogen-bond donors (Lipinski definition) is 0. The molecule has 0 aromatic carbocycles. The number of hydrogen-bond acceptors (Lipinski definition) is 4. The van der Waals surface area contributed by atoms with Crippen LogP contribution in [0.1, 0.15) is 5.56 Å². The van der Waals surface area contributed by atoms with Crippen molar-refractivity contribution in [3.05, 3.63) is 35.3 Å². The Labute approximate surface area is 103 Å². The van der Waals surface area contributed by atoms with E-state index in [9.17, 15) is 4.39 Å². The van der Waals surface area contributed by atoms with Crippen LogP contribution in [0.2, 0.25) is 5.28 Å². The molecule has 0 radical (unpaired) electrons. The molecule has 0 spiro atoms. The summed E-state index contributed by atoms with van der Waals surface area (Å²) in [4.78, 5) is 9.08. The average Bonchev–Trinajstić information content (AvgIpc) is 2.67. The molecule has 0 saturated carbocycles. The predicted octanol–water partition coefficient (Wildman–Crippen LogP) is 1.64. The van der Waals surface area contributed by atoms with Crippen molar-refractivity contribution in [3.63, 3.8) is 0 Å². The maximum atomic E-state index is 13.5. The van der Waals surface area contributed by atoms with Crippen LogP contribution in [-0.2, 0) is 13.6 Å². The molecule has 5 nitrogen and oxygen atoms in total. The Hall–Kier alpha value is -1.69. The van der Waals surface area contributed by atoms with Gasteiger partial charge in [-0.15, -0.1) is 0 Å². The molecule has 7 heteroatoms. The molecule has 0 unspecified atom stereocenters. The first-order valence-electron chi connectivity index (χ1n) is 4.93. The summed E-state index contributed by atoms with van der Waals surface area (Å²) in [6.45, 7) is 0.498. The summed E-state index contributed by atoms with van der Waals surface area (Å²) in [7, 11) is 3.56. The normalized spacial score (nSPS) is 10.6. The zero-order chi connectivity index (χ0) is 12.4. The molecule has 2 aromatic rings. The molecular weight excluding hydrogens is 245 g/mol. The van der Waals surface area contributed by atoms with E-state index in [1.165, 1.54) is 0 Å². The molecule has 0 atom stereocenters. The van der Waals surface area contributed by atoms with Gasteiger partial charge >= 0.3 is 0 Å². The molecule has 0 aliphatic heterocycles. The fourth-order valence-electron chi connectivity index (χ4n) is 1.51. The Morgan fingerprint density at radius 2 is 2.24 bits per heavy atom. The Morgan fingerprint density at radius 1 is 1.47 bits per heavy atom. The maximum Gasteiger partial charge on any atom is 0.224 e. The minimum atomic E-state index is -0.499. The van der Waals surface area contributed by atoms with Gasteiger partial charge in [0.25, 0.3) is 0 Å². The third-order valence-electron chi connectivity index (χ3n) is 2.24. The molecule has 0 fully saturated rings. The third kappa shape index (κ3) is 2.71. The smallest absolute Gasteiger partial charge is 0.224 e. The van der Waals surface area contributed by atoms with Crippen LogP contribution in [0.3, 0.4) is 0 Å². The van der Waals surface area contributed by atoms with Gasteiger partial charge in [0, 0.05) is 32.4 Å². The average molecular weight is 256 g/mol. The van der Waals surface area contributed by atoms with Crippen molar-refractivity contribution < 1.29 is 4.39 Å². The van der Waals surface area contributed by atoms with Crippen LogP contribution in [0, 0.1) is 5.82 Å². The first-order chi connectivity index (χ1) is 8.06. The Kier molecular flexibility index (Phi) is 3.23. The van der Waals surface area contributed by atoms with Gasteiger partial charge in [0.05, 0.1) is 12.4 Å². The maximum absolute atomic E-state index is 13.5. The highest BCUT2D eigenvalue weighted by atomic mass is 35.5. The summed E-state index contributed by atoms with van der Waals surface area (Å²) >= 11 is 5.64. The molecule has 2 aromatic heterocycles. The quantitative estimate of drug-likeness (QED) is 0.783. The molecule has 0 aliphatic rings. The van der Waals surface area contributed by atoms with E-state index in [1.54, 1.807) is 22.8 Å². The second kappa shape index (κ2) is 4.67. The van der Waals surface area contributed by atoms with E-state index in [0.29, 0.717) is 6.54 Å². The van der Waals surface area contributed by atoms with Crippen LogP contribution in [0.15, 0.2) is 18.6 Å². The standard InChI is InChI=1S/C10H11ClFN5/c1-16(5-7-3-14-17(2)6-7)9-8(12)4-13-10(11)15-9/h3-4,6H,5H2,1-2H3. The summed E-state index contributed by atoms with van der Waals surface area (Å²) in [5.74, 6) is -0.324. The lowest BCUT2D eigenvalue weighted by atomic mass is 10.3. The van der Waals surface area contributed by atoms with Gasteiger partial charge in [0.15, 0.2) is 11.6 Å². The van der Waals surface area contributed by atoms with Gasteiger partial charge in [-0.25, -0.2) is 9.37 Å². The first-order valence-corrected chi connectivity index (χ1v) is 5.31. The number of rotatable bonds is 3. The third-order valence-corrected chi connectivity index (χ3v) is 2.42. The predicted molar refractivity (Wildman–Crippen MR) is 62.3 cm³/mol. The lowest BCUT2D eigenvalue weighted by Gasteiger charge is -2.17. The van der Waals surface area contributed by atoms with E-state index in [-0.39, 0.29) is 11.1 Å². The second-order valence-electron chi connectivity index (χ2n) is 3.69. The van der Waals surface area contributed by atoms with Gasteiger partial charge in [0.1, 0.15) is 0 Å². The van der Waals surface area contributed by atoms with Crippen LogP contribution in [0.25, 0.3) is 0 Å². The van der Waals surface area contributed by atoms with Crippen LogP contribution in [-0.4, -0.2) is 26.8 Å². The molecule has 0 N–H and O–H groups in total. The van der Waals surface area contributed by atoms with E-state index in [0.717, 1.165) is 11.8 Å². The fraction of sp³-hybridized carbons (Fsp3) is 0.300. The van der Waals surface area contributed by atoms with Gasteiger partial charge in [-0.05, 0) is 11.6 Å². The van der Waals surface area contributed by atoms with E-state index >= 15 is 0 Å². The Bertz CT molecular complexity index is 527. The highest BCUT2D eigenvalue weighted by Crippen LogP contribution is 2.17.